The number of halogens is 1. The van der Waals surface area contributed by atoms with Crippen molar-refractivity contribution in [2.45, 2.75) is 13.0 Å². The first-order chi connectivity index (χ1) is 8.90. The maximum Gasteiger partial charge on any atom is 0.270 e. The number of hydrogen-bond acceptors (Lipinski definition) is 4. The molecule has 0 aromatic heterocycles. The highest BCUT2D eigenvalue weighted by atomic mass is 79.9. The van der Waals surface area contributed by atoms with Crippen LogP contribution in [0.5, 0.6) is 0 Å². The van der Waals surface area contributed by atoms with Crippen molar-refractivity contribution in [1.82, 2.24) is 10.2 Å². The lowest BCUT2D eigenvalue weighted by atomic mass is 10.2. The number of nitro benzene ring substituents is 1. The van der Waals surface area contributed by atoms with E-state index in [1.165, 1.54) is 17.0 Å². The van der Waals surface area contributed by atoms with Gasteiger partial charge in [-0.1, -0.05) is 15.9 Å². The second kappa shape index (κ2) is 7.20. The van der Waals surface area contributed by atoms with E-state index >= 15 is 0 Å². The second-order valence-corrected chi connectivity index (χ2v) is 5.21. The van der Waals surface area contributed by atoms with Gasteiger partial charge in [-0.25, -0.2) is 0 Å². The number of nitrogens with one attached hydrogen (secondary N) is 1. The number of nitro groups is 1. The molecule has 0 atom stereocenters. The molecule has 0 aliphatic heterocycles. The lowest BCUT2D eigenvalue weighted by Crippen LogP contribution is -2.26. The summed E-state index contributed by atoms with van der Waals surface area (Å²) >= 11 is 3.24. The largest absolute Gasteiger partial charge is 0.349 e. The molecule has 1 aromatic carbocycles. The van der Waals surface area contributed by atoms with Gasteiger partial charge in [0, 0.05) is 50.2 Å². The van der Waals surface area contributed by atoms with Crippen LogP contribution in [-0.2, 0) is 11.3 Å². The van der Waals surface area contributed by atoms with Crippen LogP contribution in [0.1, 0.15) is 12.0 Å². The molecule has 104 valence electrons. The number of carbonyl (C=O) groups excluding carboxylic acids is 1. The number of nitrogens with zero attached hydrogens (tertiary/aromatic N) is 2. The molecule has 1 N–H and O–H groups in total. The third-order valence-corrected chi connectivity index (χ3v) is 2.95. The van der Waals surface area contributed by atoms with Crippen LogP contribution in [0.25, 0.3) is 0 Å². The highest BCUT2D eigenvalue weighted by Gasteiger charge is 2.08. The highest BCUT2D eigenvalue weighted by molar-refractivity contribution is 9.10. The van der Waals surface area contributed by atoms with Crippen LogP contribution in [0, 0.1) is 10.1 Å². The van der Waals surface area contributed by atoms with Crippen molar-refractivity contribution in [3.63, 3.8) is 0 Å². The monoisotopic (exact) mass is 329 g/mol. The third-order valence-electron chi connectivity index (χ3n) is 2.50. The van der Waals surface area contributed by atoms with E-state index in [0.29, 0.717) is 24.0 Å². The molecule has 1 aromatic rings. The summed E-state index contributed by atoms with van der Waals surface area (Å²) in [6.45, 7) is 1.03. The summed E-state index contributed by atoms with van der Waals surface area (Å²) in [6.07, 6.45) is 0.406. The average molecular weight is 330 g/mol. The molecule has 7 heteroatoms. The highest BCUT2D eigenvalue weighted by Crippen LogP contribution is 2.21. The fraction of sp³-hybridized carbons (Fsp3) is 0.417. The fourth-order valence-electron chi connectivity index (χ4n) is 1.49. The van der Waals surface area contributed by atoms with E-state index in [9.17, 15) is 14.9 Å². The van der Waals surface area contributed by atoms with Crippen molar-refractivity contribution in [3.05, 3.63) is 38.3 Å². The van der Waals surface area contributed by atoms with Crippen LogP contribution < -0.4 is 5.32 Å². The molecule has 0 saturated heterocycles. The number of amides is 1. The molecule has 0 radical (unpaired) electrons. The van der Waals surface area contributed by atoms with Crippen LogP contribution >= 0.6 is 15.9 Å². The predicted molar refractivity (Wildman–Crippen MR) is 75.8 cm³/mol. The zero-order valence-corrected chi connectivity index (χ0v) is 12.4. The molecule has 0 saturated carbocycles. The lowest BCUT2D eigenvalue weighted by molar-refractivity contribution is -0.385. The zero-order valence-electron chi connectivity index (χ0n) is 10.9. The lowest BCUT2D eigenvalue weighted by Gasteiger charge is -2.10. The first-order valence-electron chi connectivity index (χ1n) is 5.75. The molecule has 6 nitrogen and oxygen atoms in total. The first-order valence-corrected chi connectivity index (χ1v) is 6.54. The van der Waals surface area contributed by atoms with Gasteiger partial charge in [-0.15, -0.1) is 0 Å². The summed E-state index contributed by atoms with van der Waals surface area (Å²) in [5.41, 5.74) is 0.855. The SMILES string of the molecule is CN(C)C(=O)CCNCc1cc(Br)cc([N+](=O)[O-])c1. The summed E-state index contributed by atoms with van der Waals surface area (Å²) in [6, 6.07) is 4.79. The Morgan fingerprint density at radius 1 is 1.42 bits per heavy atom. The molecule has 0 fully saturated rings. The van der Waals surface area contributed by atoms with Gasteiger partial charge < -0.3 is 10.2 Å². The summed E-state index contributed by atoms with van der Waals surface area (Å²) in [4.78, 5) is 23.2. The van der Waals surface area contributed by atoms with E-state index < -0.39 is 4.92 Å². The first kappa shape index (κ1) is 15.6. The second-order valence-electron chi connectivity index (χ2n) is 4.29. The van der Waals surface area contributed by atoms with Gasteiger partial charge in [0.15, 0.2) is 0 Å². The summed E-state index contributed by atoms with van der Waals surface area (Å²) in [5, 5.41) is 13.8. The predicted octanol–water partition coefficient (Wildman–Crippen LogP) is 1.93. The minimum atomic E-state index is -0.427. The van der Waals surface area contributed by atoms with Gasteiger partial charge in [-0.05, 0) is 11.6 Å². The van der Waals surface area contributed by atoms with E-state index in [2.05, 4.69) is 21.2 Å². The fourth-order valence-corrected chi connectivity index (χ4v) is 2.02. The van der Waals surface area contributed by atoms with Crippen LogP contribution in [-0.4, -0.2) is 36.4 Å². The molecule has 0 aliphatic carbocycles. The van der Waals surface area contributed by atoms with Crippen molar-refractivity contribution in [1.29, 1.82) is 0 Å². The molecule has 0 heterocycles. The van der Waals surface area contributed by atoms with E-state index in [1.54, 1.807) is 14.1 Å². The molecule has 0 aliphatic rings. The van der Waals surface area contributed by atoms with Gasteiger partial charge in [0.1, 0.15) is 0 Å². The van der Waals surface area contributed by atoms with Gasteiger partial charge in [0.25, 0.3) is 5.69 Å². The minimum Gasteiger partial charge on any atom is -0.349 e. The Hall–Kier alpha value is -1.47. The van der Waals surface area contributed by atoms with Crippen LogP contribution in [0.15, 0.2) is 22.7 Å². The van der Waals surface area contributed by atoms with Gasteiger partial charge in [0.05, 0.1) is 4.92 Å². The normalized spacial score (nSPS) is 10.3. The molecule has 1 rings (SSSR count). The zero-order chi connectivity index (χ0) is 14.4. The topological polar surface area (TPSA) is 75.5 Å². The van der Waals surface area contributed by atoms with Crippen LogP contribution in [0.2, 0.25) is 0 Å². The van der Waals surface area contributed by atoms with Gasteiger partial charge in [-0.3, -0.25) is 14.9 Å². The van der Waals surface area contributed by atoms with Gasteiger partial charge >= 0.3 is 0 Å². The smallest absolute Gasteiger partial charge is 0.270 e. The van der Waals surface area contributed by atoms with Crippen molar-refractivity contribution in [2.24, 2.45) is 0 Å². The van der Waals surface area contributed by atoms with Crippen LogP contribution in [0.3, 0.4) is 0 Å². The molecule has 1 amide bonds. The molecule has 0 unspecified atom stereocenters. The van der Waals surface area contributed by atoms with E-state index in [1.807, 2.05) is 6.07 Å². The summed E-state index contributed by atoms with van der Waals surface area (Å²) < 4.78 is 0.669. The maximum absolute atomic E-state index is 11.3. The van der Waals surface area contributed by atoms with Crippen molar-refractivity contribution < 1.29 is 9.72 Å². The van der Waals surface area contributed by atoms with Crippen molar-refractivity contribution in [3.8, 4) is 0 Å². The Kier molecular flexibility index (Phi) is 5.91. The Morgan fingerprint density at radius 3 is 2.68 bits per heavy atom. The van der Waals surface area contributed by atoms with E-state index in [-0.39, 0.29) is 11.6 Å². The van der Waals surface area contributed by atoms with Crippen molar-refractivity contribution in [2.75, 3.05) is 20.6 Å². The number of non-ortho nitro benzene ring substituents is 1. The van der Waals surface area contributed by atoms with E-state index in [0.717, 1.165) is 5.56 Å². The molecule has 19 heavy (non-hydrogen) atoms. The van der Waals surface area contributed by atoms with Gasteiger partial charge in [0.2, 0.25) is 5.91 Å². The number of rotatable bonds is 6. The van der Waals surface area contributed by atoms with Gasteiger partial charge in [-0.2, -0.15) is 0 Å². The molecule has 0 bridgehead atoms. The Balaban J connectivity index is 2.49. The average Bonchev–Trinajstić information content (AvgIpc) is 2.33. The summed E-state index contributed by atoms with van der Waals surface area (Å²) in [7, 11) is 3.42. The van der Waals surface area contributed by atoms with E-state index in [4.69, 9.17) is 0 Å². The molecular formula is C12H16BrN3O3. The number of hydrogen-bond donors (Lipinski definition) is 1. The molecular weight excluding hydrogens is 314 g/mol. The van der Waals surface area contributed by atoms with Crippen molar-refractivity contribution >= 4 is 27.5 Å². The third kappa shape index (κ3) is 5.35. The standard InChI is InChI=1S/C12H16BrN3O3/c1-15(2)12(17)3-4-14-8-9-5-10(13)7-11(6-9)16(18)19/h5-7,14H,3-4,8H2,1-2H3. The summed E-state index contributed by atoms with van der Waals surface area (Å²) in [5.74, 6) is 0.0488. The number of benzene rings is 1. The Morgan fingerprint density at radius 2 is 2.11 bits per heavy atom. The quantitative estimate of drug-likeness (QED) is 0.491. The minimum absolute atomic E-state index is 0.0488. The molecule has 0 spiro atoms. The maximum atomic E-state index is 11.3. The number of carbonyl (C=O) groups is 1. The van der Waals surface area contributed by atoms with Crippen LogP contribution in [0.4, 0.5) is 5.69 Å². The Bertz CT molecular complexity index is 477. The Labute approximate surface area is 120 Å².